The zero-order valence-electron chi connectivity index (χ0n) is 15.9. The lowest BCUT2D eigenvalue weighted by Gasteiger charge is -2.36. The lowest BCUT2D eigenvalue weighted by Crippen LogP contribution is -2.53. The minimum Gasteiger partial charge on any atom is -0.355 e. The SMILES string of the molecule is CN=C(NCCN1CCCS1(=O)=O)N1CCN(Cc2ccccc2)CC1.I. The first-order valence-corrected chi connectivity index (χ1v) is 10.9. The highest BCUT2D eigenvalue weighted by Crippen LogP contribution is 2.12. The van der Waals surface area contributed by atoms with Gasteiger partial charge in [-0.2, -0.15) is 0 Å². The molecule has 2 saturated heterocycles. The van der Waals surface area contributed by atoms with Crippen LogP contribution in [0.4, 0.5) is 0 Å². The van der Waals surface area contributed by atoms with Gasteiger partial charge in [0.1, 0.15) is 0 Å². The maximum absolute atomic E-state index is 11.8. The highest BCUT2D eigenvalue weighted by atomic mass is 127. The van der Waals surface area contributed by atoms with Crippen molar-refractivity contribution in [1.82, 2.24) is 19.4 Å². The van der Waals surface area contributed by atoms with Crippen LogP contribution in [0.25, 0.3) is 0 Å². The first-order chi connectivity index (χ1) is 12.6. The van der Waals surface area contributed by atoms with Crippen molar-refractivity contribution in [2.75, 3.05) is 58.6 Å². The summed E-state index contributed by atoms with van der Waals surface area (Å²) in [6.07, 6.45) is 0.737. The van der Waals surface area contributed by atoms with Crippen LogP contribution in [0.3, 0.4) is 0 Å². The van der Waals surface area contributed by atoms with E-state index in [9.17, 15) is 8.42 Å². The normalized spacial score (nSPS) is 21.1. The van der Waals surface area contributed by atoms with Gasteiger partial charge in [-0.3, -0.25) is 9.89 Å². The molecule has 2 aliphatic rings. The summed E-state index contributed by atoms with van der Waals surface area (Å²) in [5.41, 5.74) is 1.34. The Hall–Kier alpha value is -0.910. The average molecular weight is 507 g/mol. The molecule has 1 N–H and O–H groups in total. The van der Waals surface area contributed by atoms with Gasteiger partial charge in [0, 0.05) is 59.4 Å². The molecule has 0 atom stereocenters. The number of guanidine groups is 1. The van der Waals surface area contributed by atoms with Crippen LogP contribution in [0.2, 0.25) is 0 Å². The van der Waals surface area contributed by atoms with Crippen LogP contribution in [0.1, 0.15) is 12.0 Å². The molecule has 152 valence electrons. The van der Waals surface area contributed by atoms with E-state index in [2.05, 4.69) is 44.4 Å². The molecule has 0 aliphatic carbocycles. The molecule has 27 heavy (non-hydrogen) atoms. The summed E-state index contributed by atoms with van der Waals surface area (Å²) in [6, 6.07) is 10.5. The van der Waals surface area contributed by atoms with E-state index >= 15 is 0 Å². The topological polar surface area (TPSA) is 68.2 Å². The Morgan fingerprint density at radius 1 is 1.11 bits per heavy atom. The number of nitrogens with one attached hydrogen (secondary N) is 1. The van der Waals surface area contributed by atoms with Crippen LogP contribution >= 0.6 is 24.0 Å². The monoisotopic (exact) mass is 507 g/mol. The number of nitrogens with zero attached hydrogens (tertiary/aromatic N) is 4. The molecule has 0 radical (unpaired) electrons. The maximum Gasteiger partial charge on any atom is 0.214 e. The van der Waals surface area contributed by atoms with Crippen LogP contribution in [0.5, 0.6) is 0 Å². The van der Waals surface area contributed by atoms with Gasteiger partial charge in [-0.15, -0.1) is 24.0 Å². The fourth-order valence-electron chi connectivity index (χ4n) is 3.53. The number of piperazine rings is 1. The Balaban J connectivity index is 0.00000261. The van der Waals surface area contributed by atoms with Crippen molar-refractivity contribution in [1.29, 1.82) is 0 Å². The second kappa shape index (κ2) is 10.6. The van der Waals surface area contributed by atoms with Crippen molar-refractivity contribution in [3.8, 4) is 0 Å². The maximum atomic E-state index is 11.8. The van der Waals surface area contributed by atoms with Gasteiger partial charge in [0.25, 0.3) is 0 Å². The minimum atomic E-state index is -3.02. The Morgan fingerprint density at radius 3 is 2.41 bits per heavy atom. The Kier molecular flexibility index (Phi) is 8.77. The molecule has 1 aromatic carbocycles. The molecule has 0 aromatic heterocycles. The second-order valence-corrected chi connectivity index (χ2v) is 8.88. The van der Waals surface area contributed by atoms with Gasteiger partial charge < -0.3 is 10.2 Å². The summed E-state index contributed by atoms with van der Waals surface area (Å²) in [5, 5.41) is 3.32. The van der Waals surface area contributed by atoms with E-state index in [-0.39, 0.29) is 29.7 Å². The third-order valence-corrected chi connectivity index (χ3v) is 6.94. The number of halogens is 1. The molecule has 2 heterocycles. The van der Waals surface area contributed by atoms with Gasteiger partial charge in [-0.25, -0.2) is 12.7 Å². The Bertz CT molecular complexity index is 706. The summed E-state index contributed by atoms with van der Waals surface area (Å²) in [6.45, 7) is 6.56. The van der Waals surface area contributed by atoms with Crippen molar-refractivity contribution in [3.05, 3.63) is 35.9 Å². The quantitative estimate of drug-likeness (QED) is 0.367. The van der Waals surface area contributed by atoms with E-state index in [0.29, 0.717) is 19.6 Å². The number of rotatable bonds is 5. The summed E-state index contributed by atoms with van der Waals surface area (Å²) in [7, 11) is -1.24. The molecule has 7 nitrogen and oxygen atoms in total. The zero-order valence-corrected chi connectivity index (χ0v) is 19.0. The molecule has 3 rings (SSSR count). The third-order valence-electron chi connectivity index (χ3n) is 4.98. The highest BCUT2D eigenvalue weighted by molar-refractivity contribution is 14.0. The molecule has 0 bridgehead atoms. The second-order valence-electron chi connectivity index (χ2n) is 6.79. The molecule has 0 saturated carbocycles. The van der Waals surface area contributed by atoms with Crippen molar-refractivity contribution in [2.45, 2.75) is 13.0 Å². The average Bonchev–Trinajstić information content (AvgIpc) is 2.99. The predicted octanol–water partition coefficient (Wildman–Crippen LogP) is 1.03. The van der Waals surface area contributed by atoms with Crippen molar-refractivity contribution >= 4 is 40.0 Å². The summed E-state index contributed by atoms with van der Waals surface area (Å²) >= 11 is 0. The molecule has 0 unspecified atom stereocenters. The summed E-state index contributed by atoms with van der Waals surface area (Å²) in [4.78, 5) is 9.07. The van der Waals surface area contributed by atoms with Crippen LogP contribution < -0.4 is 5.32 Å². The molecule has 2 aliphatic heterocycles. The van der Waals surface area contributed by atoms with E-state index in [1.54, 1.807) is 11.4 Å². The Morgan fingerprint density at radius 2 is 1.81 bits per heavy atom. The van der Waals surface area contributed by atoms with Gasteiger partial charge in [-0.05, 0) is 12.0 Å². The van der Waals surface area contributed by atoms with Crippen molar-refractivity contribution in [3.63, 3.8) is 0 Å². The number of hydrogen-bond acceptors (Lipinski definition) is 4. The van der Waals surface area contributed by atoms with Crippen LogP contribution in [-0.4, -0.2) is 87.1 Å². The first-order valence-electron chi connectivity index (χ1n) is 9.28. The van der Waals surface area contributed by atoms with Gasteiger partial charge in [-0.1, -0.05) is 30.3 Å². The van der Waals surface area contributed by atoms with Gasteiger partial charge >= 0.3 is 0 Å². The Labute approximate surface area is 179 Å². The highest BCUT2D eigenvalue weighted by Gasteiger charge is 2.27. The zero-order chi connectivity index (χ0) is 18.4. The summed E-state index contributed by atoms with van der Waals surface area (Å²) in [5.74, 6) is 1.14. The minimum absolute atomic E-state index is 0. The first kappa shape index (κ1) is 22.4. The largest absolute Gasteiger partial charge is 0.355 e. The van der Waals surface area contributed by atoms with E-state index in [0.717, 1.165) is 45.1 Å². The van der Waals surface area contributed by atoms with Gasteiger partial charge in [0.2, 0.25) is 10.0 Å². The molecule has 1 aromatic rings. The van der Waals surface area contributed by atoms with Crippen LogP contribution in [0, 0.1) is 0 Å². The molecule has 0 spiro atoms. The predicted molar refractivity (Wildman–Crippen MR) is 120 cm³/mol. The van der Waals surface area contributed by atoms with E-state index in [1.165, 1.54) is 5.56 Å². The van der Waals surface area contributed by atoms with Gasteiger partial charge in [0.15, 0.2) is 5.96 Å². The molecular weight excluding hydrogens is 477 g/mol. The molecule has 9 heteroatoms. The number of benzene rings is 1. The van der Waals surface area contributed by atoms with E-state index in [4.69, 9.17) is 0 Å². The van der Waals surface area contributed by atoms with Crippen LogP contribution in [-0.2, 0) is 16.6 Å². The fourth-order valence-corrected chi connectivity index (χ4v) is 5.06. The number of hydrogen-bond donors (Lipinski definition) is 1. The van der Waals surface area contributed by atoms with E-state index < -0.39 is 10.0 Å². The smallest absolute Gasteiger partial charge is 0.214 e. The number of aliphatic imine (C=N–C) groups is 1. The molecule has 0 amide bonds. The van der Waals surface area contributed by atoms with Crippen molar-refractivity contribution in [2.24, 2.45) is 4.99 Å². The van der Waals surface area contributed by atoms with E-state index in [1.807, 2.05) is 6.07 Å². The summed E-state index contributed by atoms with van der Waals surface area (Å²) < 4.78 is 25.3. The number of sulfonamides is 1. The van der Waals surface area contributed by atoms with Gasteiger partial charge in [0.05, 0.1) is 5.75 Å². The van der Waals surface area contributed by atoms with Crippen molar-refractivity contribution < 1.29 is 8.42 Å². The molecular formula is C18H30IN5O2S. The third kappa shape index (κ3) is 6.30. The van der Waals surface area contributed by atoms with Crippen LogP contribution in [0.15, 0.2) is 35.3 Å². The lowest BCUT2D eigenvalue weighted by molar-refractivity contribution is 0.172. The fraction of sp³-hybridized carbons (Fsp3) is 0.611. The molecule has 2 fully saturated rings. The standard InChI is InChI=1S/C18H29N5O2S.HI/c1-19-18(20-8-10-23-9-5-15-26(23,24)25)22-13-11-21(12-14-22)16-17-6-3-2-4-7-17;/h2-4,6-7H,5,8-16H2,1H3,(H,19,20);1H. The lowest BCUT2D eigenvalue weighted by atomic mass is 10.2.